The van der Waals surface area contributed by atoms with Gasteiger partial charge in [-0.05, 0) is 24.1 Å². The molecule has 2 heterocycles. The highest BCUT2D eigenvalue weighted by atomic mass is 35.5. The van der Waals surface area contributed by atoms with Gasteiger partial charge in [0.15, 0.2) is 0 Å². The van der Waals surface area contributed by atoms with E-state index < -0.39 is 0 Å². The van der Waals surface area contributed by atoms with Crippen LogP contribution in [0.4, 0.5) is 0 Å². The van der Waals surface area contributed by atoms with E-state index >= 15 is 0 Å². The molecule has 1 unspecified atom stereocenters. The van der Waals surface area contributed by atoms with Crippen molar-refractivity contribution in [3.8, 4) is 0 Å². The van der Waals surface area contributed by atoms with Gasteiger partial charge >= 0.3 is 0 Å². The summed E-state index contributed by atoms with van der Waals surface area (Å²) in [6, 6.07) is 5.45. The van der Waals surface area contributed by atoms with Crippen molar-refractivity contribution in [3.05, 3.63) is 59.1 Å². The van der Waals surface area contributed by atoms with Crippen molar-refractivity contribution >= 4 is 17.5 Å². The Morgan fingerprint density at radius 1 is 1.30 bits per heavy atom. The third kappa shape index (κ3) is 2.96. The molecule has 4 nitrogen and oxygen atoms in total. The van der Waals surface area contributed by atoms with Gasteiger partial charge in [0.1, 0.15) is 0 Å². The molecule has 104 valence electrons. The number of hydrogen-bond acceptors (Lipinski definition) is 3. The van der Waals surface area contributed by atoms with E-state index in [4.69, 9.17) is 11.6 Å². The van der Waals surface area contributed by atoms with E-state index in [1.165, 1.54) is 6.20 Å². The van der Waals surface area contributed by atoms with Crippen LogP contribution in [0.5, 0.6) is 0 Å². The fourth-order valence-electron chi connectivity index (χ4n) is 2.19. The first-order chi connectivity index (χ1) is 9.65. The number of carbonyl (C=O) groups is 1. The molecule has 0 bridgehead atoms. The number of amides is 1. The minimum absolute atomic E-state index is 0.0274. The van der Waals surface area contributed by atoms with Gasteiger partial charge in [0, 0.05) is 31.8 Å². The number of aromatic nitrogens is 2. The first-order valence-corrected chi connectivity index (χ1v) is 6.79. The van der Waals surface area contributed by atoms with Gasteiger partial charge in [-0.25, -0.2) is 0 Å². The minimum atomic E-state index is -0.117. The van der Waals surface area contributed by atoms with Crippen LogP contribution in [-0.4, -0.2) is 27.8 Å². The zero-order valence-corrected chi connectivity index (χ0v) is 12.2. The van der Waals surface area contributed by atoms with Crippen LogP contribution in [0.2, 0.25) is 5.02 Å². The summed E-state index contributed by atoms with van der Waals surface area (Å²) < 4.78 is 0. The Bertz CT molecular complexity index is 589. The van der Waals surface area contributed by atoms with Crippen molar-refractivity contribution in [2.45, 2.75) is 19.4 Å². The number of nitrogens with zero attached hydrogens (tertiary/aromatic N) is 3. The zero-order chi connectivity index (χ0) is 14.5. The molecule has 1 atom stereocenters. The number of hydrogen-bond donors (Lipinski definition) is 0. The zero-order valence-electron chi connectivity index (χ0n) is 11.5. The Balaban J connectivity index is 2.28. The molecule has 1 amide bonds. The predicted octanol–water partition coefficient (Wildman–Crippen LogP) is 3.35. The van der Waals surface area contributed by atoms with E-state index in [1.54, 1.807) is 36.6 Å². The summed E-state index contributed by atoms with van der Waals surface area (Å²) >= 11 is 6.03. The van der Waals surface area contributed by atoms with E-state index in [0.717, 1.165) is 12.0 Å². The summed E-state index contributed by atoms with van der Waals surface area (Å²) in [5, 5.41) is 0.366. The second-order valence-electron chi connectivity index (χ2n) is 4.48. The summed E-state index contributed by atoms with van der Waals surface area (Å²) in [5.74, 6) is -0.117. The van der Waals surface area contributed by atoms with Crippen LogP contribution in [0.3, 0.4) is 0 Å². The third-order valence-corrected chi connectivity index (χ3v) is 3.55. The largest absolute Gasteiger partial charge is 0.335 e. The molecule has 0 aliphatic carbocycles. The van der Waals surface area contributed by atoms with Crippen LogP contribution in [0, 0.1) is 0 Å². The second kappa shape index (κ2) is 6.48. The van der Waals surface area contributed by atoms with Crippen molar-refractivity contribution in [1.29, 1.82) is 0 Å². The van der Waals surface area contributed by atoms with E-state index in [1.807, 2.05) is 19.1 Å². The van der Waals surface area contributed by atoms with Crippen LogP contribution in [0.15, 0.2) is 43.0 Å². The minimum Gasteiger partial charge on any atom is -0.335 e. The molecule has 5 heteroatoms. The highest BCUT2D eigenvalue weighted by molar-refractivity contribution is 6.33. The summed E-state index contributed by atoms with van der Waals surface area (Å²) in [5.41, 5.74) is 1.47. The maximum atomic E-state index is 12.5. The first-order valence-electron chi connectivity index (χ1n) is 6.41. The number of carbonyl (C=O) groups excluding carboxylic acids is 1. The van der Waals surface area contributed by atoms with Gasteiger partial charge in [-0.15, -0.1) is 0 Å². The molecule has 2 rings (SSSR count). The number of pyridine rings is 2. The van der Waals surface area contributed by atoms with Crippen LogP contribution in [0.1, 0.15) is 35.3 Å². The third-order valence-electron chi connectivity index (χ3n) is 3.25. The highest BCUT2D eigenvalue weighted by Gasteiger charge is 2.22. The normalized spacial score (nSPS) is 11.9. The molecule has 0 N–H and O–H groups in total. The van der Waals surface area contributed by atoms with Crippen molar-refractivity contribution in [3.63, 3.8) is 0 Å². The average Bonchev–Trinajstić information content (AvgIpc) is 2.49. The Hall–Kier alpha value is -1.94. The molecular formula is C15H16ClN3O. The molecule has 0 radical (unpaired) electrons. The van der Waals surface area contributed by atoms with Gasteiger partial charge in [0.05, 0.1) is 16.6 Å². The summed E-state index contributed by atoms with van der Waals surface area (Å²) in [4.78, 5) is 22.2. The topological polar surface area (TPSA) is 46.1 Å². The molecule has 0 aromatic carbocycles. The molecule has 0 spiro atoms. The lowest BCUT2D eigenvalue weighted by Gasteiger charge is -2.27. The molecule has 0 saturated heterocycles. The van der Waals surface area contributed by atoms with Gasteiger partial charge in [-0.3, -0.25) is 14.8 Å². The Morgan fingerprint density at radius 2 is 2.05 bits per heavy atom. The standard InChI is InChI=1S/C15H16ClN3O/c1-3-14(11-5-4-7-17-9-11)19(2)15(20)12-6-8-18-10-13(12)16/h4-10,14H,3H2,1-2H3. The Morgan fingerprint density at radius 3 is 2.65 bits per heavy atom. The van der Waals surface area contributed by atoms with Gasteiger partial charge < -0.3 is 4.90 Å². The van der Waals surface area contributed by atoms with E-state index in [-0.39, 0.29) is 11.9 Å². The molecule has 0 aliphatic heterocycles. The highest BCUT2D eigenvalue weighted by Crippen LogP contribution is 2.25. The Labute approximate surface area is 123 Å². The number of rotatable bonds is 4. The van der Waals surface area contributed by atoms with E-state index in [2.05, 4.69) is 9.97 Å². The second-order valence-corrected chi connectivity index (χ2v) is 4.89. The van der Waals surface area contributed by atoms with Crippen molar-refractivity contribution in [2.75, 3.05) is 7.05 Å². The maximum absolute atomic E-state index is 12.5. The SMILES string of the molecule is CCC(c1cccnc1)N(C)C(=O)c1ccncc1Cl. The van der Waals surface area contributed by atoms with Crippen molar-refractivity contribution < 1.29 is 4.79 Å². The lowest BCUT2D eigenvalue weighted by molar-refractivity contribution is 0.0726. The summed E-state index contributed by atoms with van der Waals surface area (Å²) in [6.45, 7) is 2.04. The van der Waals surface area contributed by atoms with Crippen molar-refractivity contribution in [1.82, 2.24) is 14.9 Å². The molecule has 0 saturated carbocycles. The quantitative estimate of drug-likeness (QED) is 0.867. The number of halogens is 1. The average molecular weight is 290 g/mol. The fourth-order valence-corrected chi connectivity index (χ4v) is 2.39. The molecule has 2 aromatic heterocycles. The van der Waals surface area contributed by atoms with Gasteiger partial charge in [-0.2, -0.15) is 0 Å². The maximum Gasteiger partial charge on any atom is 0.255 e. The lowest BCUT2D eigenvalue weighted by Crippen LogP contribution is -2.31. The van der Waals surface area contributed by atoms with Crippen LogP contribution in [-0.2, 0) is 0 Å². The van der Waals surface area contributed by atoms with Crippen LogP contribution in [0.25, 0.3) is 0 Å². The Kier molecular flexibility index (Phi) is 4.69. The monoisotopic (exact) mass is 289 g/mol. The van der Waals surface area contributed by atoms with Crippen LogP contribution >= 0.6 is 11.6 Å². The van der Waals surface area contributed by atoms with E-state index in [0.29, 0.717) is 10.6 Å². The first kappa shape index (κ1) is 14.5. The van der Waals surface area contributed by atoms with Gasteiger partial charge in [0.2, 0.25) is 0 Å². The van der Waals surface area contributed by atoms with Crippen molar-refractivity contribution in [2.24, 2.45) is 0 Å². The molecule has 2 aromatic rings. The smallest absolute Gasteiger partial charge is 0.255 e. The van der Waals surface area contributed by atoms with Gasteiger partial charge in [-0.1, -0.05) is 24.6 Å². The fraction of sp³-hybridized carbons (Fsp3) is 0.267. The molecule has 0 fully saturated rings. The summed E-state index contributed by atoms with van der Waals surface area (Å²) in [6.07, 6.45) is 7.35. The molecule has 0 aliphatic rings. The van der Waals surface area contributed by atoms with Crippen LogP contribution < -0.4 is 0 Å². The molecular weight excluding hydrogens is 274 g/mol. The van der Waals surface area contributed by atoms with Gasteiger partial charge in [0.25, 0.3) is 5.91 Å². The van der Waals surface area contributed by atoms with E-state index in [9.17, 15) is 4.79 Å². The lowest BCUT2D eigenvalue weighted by atomic mass is 10.0. The molecule has 20 heavy (non-hydrogen) atoms. The summed E-state index contributed by atoms with van der Waals surface area (Å²) in [7, 11) is 1.78. The predicted molar refractivity (Wildman–Crippen MR) is 78.6 cm³/mol.